The summed E-state index contributed by atoms with van der Waals surface area (Å²) < 4.78 is 47.1. The average Bonchev–Trinajstić information content (AvgIpc) is 3.59. The number of aliphatic imine (C=N–C) groups is 1. The first-order chi connectivity index (χ1) is 15.7. The number of ether oxygens (including phenoxy) is 2. The predicted octanol–water partition coefficient (Wildman–Crippen LogP) is 4.90. The fraction of sp³-hybridized carbons (Fsp3) is 0.375. The molecule has 1 aromatic carbocycles. The molecule has 9 heteroatoms. The zero-order valence-corrected chi connectivity index (χ0v) is 17.9. The SMILES string of the molecule is COC1(CCc2ccc(OC(F)(F)F)cc2)CC=C(c2cccnc2)N=C1[C@@H]1C[C@H]1C(=O)O. The van der Waals surface area contributed by atoms with Crippen molar-refractivity contribution in [1.82, 2.24) is 4.98 Å². The molecule has 1 aliphatic carbocycles. The summed E-state index contributed by atoms with van der Waals surface area (Å²) in [6.07, 6.45) is 2.62. The van der Waals surface area contributed by atoms with Gasteiger partial charge in [-0.15, -0.1) is 13.2 Å². The fourth-order valence-electron chi connectivity index (χ4n) is 4.26. The molecule has 174 valence electrons. The molecule has 1 N–H and O–H groups in total. The molecule has 3 atom stereocenters. The highest BCUT2D eigenvalue weighted by Gasteiger charge is 2.53. The lowest BCUT2D eigenvalue weighted by atomic mass is 9.81. The number of hydrogen-bond acceptors (Lipinski definition) is 5. The summed E-state index contributed by atoms with van der Waals surface area (Å²) in [6.45, 7) is 0. The maximum Gasteiger partial charge on any atom is 0.573 e. The second-order valence-electron chi connectivity index (χ2n) is 8.21. The molecule has 1 aromatic heterocycles. The van der Waals surface area contributed by atoms with Crippen molar-refractivity contribution in [2.24, 2.45) is 16.8 Å². The molecule has 0 radical (unpaired) electrons. The number of halogens is 3. The Labute approximate surface area is 188 Å². The van der Waals surface area contributed by atoms with E-state index in [-0.39, 0.29) is 11.7 Å². The van der Waals surface area contributed by atoms with Crippen LogP contribution in [0.3, 0.4) is 0 Å². The minimum atomic E-state index is -4.74. The molecular formula is C24H23F3N2O4. The smallest absolute Gasteiger partial charge is 0.481 e. The predicted molar refractivity (Wildman–Crippen MR) is 115 cm³/mol. The third-order valence-electron chi connectivity index (χ3n) is 6.11. The number of hydrogen-bond donors (Lipinski definition) is 1. The van der Waals surface area contributed by atoms with Crippen LogP contribution in [0.25, 0.3) is 5.70 Å². The molecule has 2 aromatic rings. The Morgan fingerprint density at radius 3 is 2.58 bits per heavy atom. The number of aryl methyl sites for hydroxylation is 1. The molecule has 4 rings (SSSR count). The van der Waals surface area contributed by atoms with Gasteiger partial charge in [0.2, 0.25) is 0 Å². The van der Waals surface area contributed by atoms with Gasteiger partial charge in [0.05, 0.1) is 17.3 Å². The van der Waals surface area contributed by atoms with E-state index in [0.29, 0.717) is 31.4 Å². The van der Waals surface area contributed by atoms with Gasteiger partial charge < -0.3 is 14.6 Å². The maximum absolute atomic E-state index is 12.4. The van der Waals surface area contributed by atoms with E-state index in [0.717, 1.165) is 16.8 Å². The summed E-state index contributed by atoms with van der Waals surface area (Å²) >= 11 is 0. The van der Waals surface area contributed by atoms with Crippen molar-refractivity contribution in [1.29, 1.82) is 0 Å². The number of alkyl halides is 3. The van der Waals surface area contributed by atoms with Gasteiger partial charge in [0.25, 0.3) is 0 Å². The highest BCUT2D eigenvalue weighted by atomic mass is 19.4. The third-order valence-corrected chi connectivity index (χ3v) is 6.11. The van der Waals surface area contributed by atoms with Crippen molar-refractivity contribution in [2.75, 3.05) is 7.11 Å². The van der Waals surface area contributed by atoms with E-state index >= 15 is 0 Å². The van der Waals surface area contributed by atoms with Crippen molar-refractivity contribution in [3.05, 3.63) is 66.0 Å². The van der Waals surface area contributed by atoms with E-state index in [4.69, 9.17) is 9.73 Å². The van der Waals surface area contributed by atoms with Gasteiger partial charge in [0.1, 0.15) is 11.4 Å². The summed E-state index contributed by atoms with van der Waals surface area (Å²) in [6, 6.07) is 9.43. The molecule has 0 amide bonds. The Balaban J connectivity index is 1.55. The lowest BCUT2D eigenvalue weighted by Crippen LogP contribution is -2.44. The molecule has 0 saturated heterocycles. The number of nitrogens with zero attached hydrogens (tertiary/aromatic N) is 2. The van der Waals surface area contributed by atoms with Crippen LogP contribution >= 0.6 is 0 Å². The number of benzene rings is 1. The fourth-order valence-corrected chi connectivity index (χ4v) is 4.26. The van der Waals surface area contributed by atoms with Gasteiger partial charge in [-0.3, -0.25) is 14.8 Å². The topological polar surface area (TPSA) is 81.0 Å². The third kappa shape index (κ3) is 5.24. The van der Waals surface area contributed by atoms with Crippen LogP contribution < -0.4 is 4.74 Å². The second-order valence-corrected chi connectivity index (χ2v) is 8.21. The van der Waals surface area contributed by atoms with Crippen LogP contribution in [-0.4, -0.2) is 40.8 Å². The molecule has 1 fully saturated rings. The number of carboxylic acids is 1. The molecule has 6 nitrogen and oxygen atoms in total. The number of carboxylic acid groups (broad SMARTS) is 1. The van der Waals surface area contributed by atoms with E-state index in [1.165, 1.54) is 12.1 Å². The Bertz CT molecular complexity index is 1070. The quantitative estimate of drug-likeness (QED) is 0.606. The number of pyridine rings is 1. The van der Waals surface area contributed by atoms with Crippen LogP contribution in [-0.2, 0) is 16.0 Å². The monoisotopic (exact) mass is 460 g/mol. The van der Waals surface area contributed by atoms with Crippen molar-refractivity contribution < 1.29 is 32.5 Å². The molecule has 1 unspecified atom stereocenters. The summed E-state index contributed by atoms with van der Waals surface area (Å²) in [7, 11) is 1.58. The van der Waals surface area contributed by atoms with Gasteiger partial charge in [-0.2, -0.15) is 0 Å². The van der Waals surface area contributed by atoms with Crippen LogP contribution in [0.4, 0.5) is 13.2 Å². The average molecular weight is 460 g/mol. The van der Waals surface area contributed by atoms with E-state index in [2.05, 4.69) is 9.72 Å². The minimum absolute atomic E-state index is 0.217. The van der Waals surface area contributed by atoms with E-state index in [1.807, 2.05) is 18.2 Å². The van der Waals surface area contributed by atoms with Crippen LogP contribution in [0, 0.1) is 11.8 Å². The van der Waals surface area contributed by atoms with Gasteiger partial charge in [0.15, 0.2) is 0 Å². The number of aliphatic carboxylic acids is 1. The van der Waals surface area contributed by atoms with E-state index in [1.54, 1.807) is 31.6 Å². The van der Waals surface area contributed by atoms with Crippen LogP contribution in [0.1, 0.15) is 30.4 Å². The Morgan fingerprint density at radius 2 is 2.00 bits per heavy atom. The summed E-state index contributed by atoms with van der Waals surface area (Å²) in [5, 5.41) is 9.48. The number of carbonyl (C=O) groups is 1. The number of rotatable bonds is 8. The Morgan fingerprint density at radius 1 is 1.24 bits per heavy atom. The number of aromatic nitrogens is 1. The first kappa shape index (κ1) is 23.0. The molecule has 0 bridgehead atoms. The molecule has 0 spiro atoms. The summed E-state index contributed by atoms with van der Waals surface area (Å²) in [5.74, 6) is -1.85. The second kappa shape index (κ2) is 8.97. The standard InChI is InChI=1S/C24H23F3N2O4/c1-32-23(10-8-15-4-6-17(7-5-15)33-24(25,26)27)11-9-20(16-3-2-12-28-14-16)29-21(23)18-13-19(18)22(30)31/h2-7,9,12,14,18-19H,8,10-11,13H2,1H3,(H,30,31)/t18-,19-,23?/m1/s1. The molecule has 2 heterocycles. The van der Waals surface area contributed by atoms with E-state index < -0.39 is 23.9 Å². The van der Waals surface area contributed by atoms with Gasteiger partial charge in [-0.05, 0) is 49.1 Å². The largest absolute Gasteiger partial charge is 0.573 e. The van der Waals surface area contributed by atoms with Gasteiger partial charge >= 0.3 is 12.3 Å². The highest BCUT2D eigenvalue weighted by Crippen LogP contribution is 2.47. The Hall–Kier alpha value is -3.20. The molecule has 33 heavy (non-hydrogen) atoms. The van der Waals surface area contributed by atoms with Crippen molar-refractivity contribution in [2.45, 2.75) is 37.6 Å². The lowest BCUT2D eigenvalue weighted by molar-refractivity contribution is -0.274. The number of methoxy groups -OCH3 is 1. The van der Waals surface area contributed by atoms with Gasteiger partial charge in [-0.1, -0.05) is 18.2 Å². The zero-order chi connectivity index (χ0) is 23.6. The van der Waals surface area contributed by atoms with Crippen molar-refractivity contribution >= 4 is 17.4 Å². The summed E-state index contributed by atoms with van der Waals surface area (Å²) in [4.78, 5) is 20.5. The van der Waals surface area contributed by atoms with Gasteiger partial charge in [-0.25, -0.2) is 0 Å². The van der Waals surface area contributed by atoms with Gasteiger partial charge in [0, 0.05) is 37.4 Å². The minimum Gasteiger partial charge on any atom is -0.481 e. The molecule has 1 saturated carbocycles. The van der Waals surface area contributed by atoms with E-state index in [9.17, 15) is 23.1 Å². The van der Waals surface area contributed by atoms with Crippen LogP contribution in [0.5, 0.6) is 5.75 Å². The molecular weight excluding hydrogens is 437 g/mol. The highest BCUT2D eigenvalue weighted by molar-refractivity contribution is 6.04. The van der Waals surface area contributed by atoms with Crippen LogP contribution in [0.15, 0.2) is 59.9 Å². The first-order valence-corrected chi connectivity index (χ1v) is 10.5. The normalized spacial score (nSPS) is 24.6. The molecule has 2 aliphatic rings. The van der Waals surface area contributed by atoms with Crippen molar-refractivity contribution in [3.8, 4) is 5.75 Å². The lowest BCUT2D eigenvalue weighted by Gasteiger charge is -2.36. The first-order valence-electron chi connectivity index (χ1n) is 10.5. The Kier molecular flexibility index (Phi) is 6.25. The molecule has 1 aliphatic heterocycles. The van der Waals surface area contributed by atoms with Crippen molar-refractivity contribution in [3.63, 3.8) is 0 Å². The van der Waals surface area contributed by atoms with Crippen LogP contribution in [0.2, 0.25) is 0 Å². The summed E-state index contributed by atoms with van der Waals surface area (Å²) in [5.41, 5.74) is 2.30. The zero-order valence-electron chi connectivity index (χ0n) is 17.9. The maximum atomic E-state index is 12.4.